The van der Waals surface area contributed by atoms with Gasteiger partial charge in [-0.25, -0.2) is 0 Å². The quantitative estimate of drug-likeness (QED) is 0.527. The van der Waals surface area contributed by atoms with Crippen molar-refractivity contribution in [2.75, 3.05) is 7.11 Å². The highest BCUT2D eigenvalue weighted by atomic mass is 32.1. The summed E-state index contributed by atoms with van der Waals surface area (Å²) in [7, 11) is 1.62. The molecule has 0 spiro atoms. The molecule has 0 radical (unpaired) electrons. The second-order valence-electron chi connectivity index (χ2n) is 5.98. The molecule has 2 heterocycles. The van der Waals surface area contributed by atoms with Crippen LogP contribution in [0.15, 0.2) is 71.3 Å². The van der Waals surface area contributed by atoms with E-state index < -0.39 is 0 Å². The first-order valence-electron chi connectivity index (χ1n) is 8.63. The number of ether oxygens (including phenoxy) is 1. The lowest BCUT2D eigenvalue weighted by Gasteiger charge is -2.03. The molecule has 0 atom stereocenters. The van der Waals surface area contributed by atoms with Crippen molar-refractivity contribution in [3.63, 3.8) is 0 Å². The summed E-state index contributed by atoms with van der Waals surface area (Å²) in [6.45, 7) is 0.483. The van der Waals surface area contributed by atoms with Crippen LogP contribution in [-0.2, 0) is 6.54 Å². The Morgan fingerprint density at radius 1 is 1.07 bits per heavy atom. The van der Waals surface area contributed by atoms with E-state index in [1.54, 1.807) is 13.2 Å². The van der Waals surface area contributed by atoms with Crippen LogP contribution in [-0.4, -0.2) is 23.2 Å². The number of hydrogen-bond donors (Lipinski definition) is 1. The van der Waals surface area contributed by atoms with E-state index in [4.69, 9.17) is 9.26 Å². The first-order valence-corrected chi connectivity index (χ1v) is 9.45. The van der Waals surface area contributed by atoms with E-state index in [0.29, 0.717) is 23.1 Å². The molecule has 0 aliphatic rings. The number of thiophene rings is 1. The van der Waals surface area contributed by atoms with Gasteiger partial charge >= 0.3 is 0 Å². The summed E-state index contributed by atoms with van der Waals surface area (Å²) in [5.41, 5.74) is 1.85. The highest BCUT2D eigenvalue weighted by Gasteiger charge is 2.15. The molecule has 140 valence electrons. The number of amides is 1. The number of hydrogen-bond acceptors (Lipinski definition) is 6. The van der Waals surface area contributed by atoms with Crippen LogP contribution in [0, 0.1) is 0 Å². The Bertz CT molecular complexity index is 1070. The Balaban J connectivity index is 1.45. The van der Waals surface area contributed by atoms with Crippen molar-refractivity contribution in [2.45, 2.75) is 6.54 Å². The fraction of sp³-hybridized carbons (Fsp3) is 0.0952. The zero-order valence-electron chi connectivity index (χ0n) is 15.1. The SMILES string of the molecule is COc1ccc(-c2nc(-c3ccc(C(=O)NCc4ccccc4)s3)no2)cc1. The van der Waals surface area contributed by atoms with Crippen LogP contribution >= 0.6 is 11.3 Å². The monoisotopic (exact) mass is 391 g/mol. The Morgan fingerprint density at radius 2 is 1.86 bits per heavy atom. The van der Waals surface area contributed by atoms with Gasteiger partial charge < -0.3 is 14.6 Å². The van der Waals surface area contributed by atoms with Gasteiger partial charge in [0.1, 0.15) is 5.75 Å². The maximum absolute atomic E-state index is 12.4. The molecule has 2 aromatic carbocycles. The number of carbonyl (C=O) groups is 1. The Morgan fingerprint density at radius 3 is 2.61 bits per heavy atom. The van der Waals surface area contributed by atoms with Crippen LogP contribution in [0.1, 0.15) is 15.2 Å². The first kappa shape index (κ1) is 17.9. The molecular formula is C21H17N3O3S. The van der Waals surface area contributed by atoms with Crippen LogP contribution in [0.3, 0.4) is 0 Å². The third-order valence-corrected chi connectivity index (χ3v) is 5.19. The third-order valence-electron chi connectivity index (χ3n) is 4.11. The largest absolute Gasteiger partial charge is 0.497 e. The Kier molecular flexibility index (Phi) is 5.16. The van der Waals surface area contributed by atoms with Crippen molar-refractivity contribution in [3.8, 4) is 27.9 Å². The van der Waals surface area contributed by atoms with Crippen LogP contribution in [0.4, 0.5) is 0 Å². The predicted molar refractivity (Wildman–Crippen MR) is 107 cm³/mol. The van der Waals surface area contributed by atoms with Gasteiger partial charge in [0.25, 0.3) is 11.8 Å². The molecule has 0 fully saturated rings. The van der Waals surface area contributed by atoms with Gasteiger partial charge in [-0.1, -0.05) is 35.5 Å². The number of carbonyl (C=O) groups excluding carboxylic acids is 1. The van der Waals surface area contributed by atoms with Crippen molar-refractivity contribution in [1.29, 1.82) is 0 Å². The molecule has 28 heavy (non-hydrogen) atoms. The molecule has 4 rings (SSSR count). The fourth-order valence-corrected chi connectivity index (χ4v) is 3.47. The molecular weight excluding hydrogens is 374 g/mol. The fourth-order valence-electron chi connectivity index (χ4n) is 2.62. The van der Waals surface area contributed by atoms with Gasteiger partial charge in [0.05, 0.1) is 16.9 Å². The minimum absolute atomic E-state index is 0.126. The molecule has 1 N–H and O–H groups in total. The third kappa shape index (κ3) is 3.94. The minimum atomic E-state index is -0.126. The maximum Gasteiger partial charge on any atom is 0.261 e. The maximum atomic E-state index is 12.4. The number of rotatable bonds is 6. The molecule has 1 amide bonds. The second-order valence-corrected chi connectivity index (χ2v) is 7.07. The van der Waals surface area contributed by atoms with Gasteiger partial charge in [-0.2, -0.15) is 4.98 Å². The lowest BCUT2D eigenvalue weighted by atomic mass is 10.2. The van der Waals surface area contributed by atoms with Gasteiger partial charge in [0, 0.05) is 12.1 Å². The number of aromatic nitrogens is 2. The number of nitrogens with zero attached hydrogens (tertiary/aromatic N) is 2. The lowest BCUT2D eigenvalue weighted by molar-refractivity contribution is 0.0955. The van der Waals surface area contributed by atoms with Crippen LogP contribution < -0.4 is 10.1 Å². The van der Waals surface area contributed by atoms with E-state index in [9.17, 15) is 4.79 Å². The van der Waals surface area contributed by atoms with Crippen molar-refractivity contribution < 1.29 is 14.1 Å². The average molecular weight is 391 g/mol. The summed E-state index contributed by atoms with van der Waals surface area (Å²) in [5.74, 6) is 1.51. The van der Waals surface area contributed by atoms with Crippen molar-refractivity contribution in [1.82, 2.24) is 15.5 Å². The van der Waals surface area contributed by atoms with Crippen LogP contribution in [0.5, 0.6) is 5.75 Å². The Hall–Kier alpha value is -3.45. The highest BCUT2D eigenvalue weighted by Crippen LogP contribution is 2.28. The average Bonchev–Trinajstić information content (AvgIpc) is 3.42. The molecule has 0 unspecified atom stereocenters. The van der Waals surface area contributed by atoms with Crippen molar-refractivity contribution in [3.05, 3.63) is 77.2 Å². The summed E-state index contributed by atoms with van der Waals surface area (Å²) in [5, 5.41) is 6.95. The minimum Gasteiger partial charge on any atom is -0.497 e. The van der Waals surface area contributed by atoms with E-state index in [1.165, 1.54) is 11.3 Å². The van der Waals surface area contributed by atoms with Gasteiger partial charge in [-0.15, -0.1) is 11.3 Å². The summed E-state index contributed by atoms with van der Waals surface area (Å²) in [6, 6.07) is 20.7. The topological polar surface area (TPSA) is 77.2 Å². The van der Waals surface area contributed by atoms with Crippen molar-refractivity contribution in [2.24, 2.45) is 0 Å². The molecule has 0 saturated carbocycles. The first-order chi connectivity index (χ1) is 13.7. The summed E-state index contributed by atoms with van der Waals surface area (Å²) < 4.78 is 10.5. The zero-order valence-corrected chi connectivity index (χ0v) is 15.9. The number of nitrogens with one attached hydrogen (secondary N) is 1. The summed E-state index contributed by atoms with van der Waals surface area (Å²) >= 11 is 1.33. The standard InChI is InChI=1S/C21H17N3O3S/c1-26-16-9-7-15(8-10-16)21-23-19(24-27-21)17-11-12-18(28-17)20(25)22-13-14-5-3-2-4-6-14/h2-12H,13H2,1H3,(H,22,25). The second kappa shape index (κ2) is 8.06. The van der Waals surface area contributed by atoms with E-state index in [-0.39, 0.29) is 5.91 Å². The molecule has 0 aliphatic heterocycles. The van der Waals surface area contributed by atoms with Gasteiger partial charge in [0.2, 0.25) is 5.82 Å². The highest BCUT2D eigenvalue weighted by molar-refractivity contribution is 7.17. The molecule has 2 aromatic heterocycles. The summed E-state index contributed by atoms with van der Waals surface area (Å²) in [6.07, 6.45) is 0. The van der Waals surface area contributed by atoms with Crippen LogP contribution in [0.25, 0.3) is 22.2 Å². The molecule has 7 heteroatoms. The van der Waals surface area contributed by atoms with E-state index in [2.05, 4.69) is 15.5 Å². The molecule has 0 bridgehead atoms. The molecule has 0 aliphatic carbocycles. The van der Waals surface area contributed by atoms with E-state index in [1.807, 2.05) is 60.7 Å². The van der Waals surface area contributed by atoms with Gasteiger partial charge in [-0.05, 0) is 42.0 Å². The lowest BCUT2D eigenvalue weighted by Crippen LogP contribution is -2.21. The summed E-state index contributed by atoms with van der Waals surface area (Å²) in [4.78, 5) is 18.2. The van der Waals surface area contributed by atoms with Gasteiger partial charge in [0.15, 0.2) is 0 Å². The number of benzene rings is 2. The van der Waals surface area contributed by atoms with E-state index >= 15 is 0 Å². The molecule has 6 nitrogen and oxygen atoms in total. The molecule has 0 saturated heterocycles. The van der Waals surface area contributed by atoms with E-state index in [0.717, 1.165) is 21.8 Å². The van der Waals surface area contributed by atoms with Crippen molar-refractivity contribution >= 4 is 17.2 Å². The predicted octanol–water partition coefficient (Wildman–Crippen LogP) is 4.40. The smallest absolute Gasteiger partial charge is 0.261 e. The number of methoxy groups -OCH3 is 1. The van der Waals surface area contributed by atoms with Gasteiger partial charge in [-0.3, -0.25) is 4.79 Å². The normalized spacial score (nSPS) is 10.6. The zero-order chi connectivity index (χ0) is 19.3. The van der Waals surface area contributed by atoms with Crippen LogP contribution in [0.2, 0.25) is 0 Å². The molecule has 4 aromatic rings. The Labute approximate surface area is 165 Å².